The van der Waals surface area contributed by atoms with Gasteiger partial charge in [0, 0.05) is 0 Å². The molecule has 0 bridgehead atoms. The summed E-state index contributed by atoms with van der Waals surface area (Å²) in [6.07, 6.45) is 3.67. The van der Waals surface area contributed by atoms with Crippen molar-refractivity contribution in [1.82, 2.24) is 0 Å². The summed E-state index contributed by atoms with van der Waals surface area (Å²) in [5.74, 6) is 0.788. The van der Waals surface area contributed by atoms with E-state index in [0.29, 0.717) is 0 Å². The van der Waals surface area contributed by atoms with E-state index >= 15 is 0 Å². The Balaban J connectivity index is 2.31. The molecule has 2 rings (SSSR count). The van der Waals surface area contributed by atoms with Crippen LogP contribution in [0.2, 0.25) is 0 Å². The fourth-order valence-electron chi connectivity index (χ4n) is 1.81. The number of aryl methyl sites for hydroxylation is 1. The maximum atomic E-state index is 9.18. The van der Waals surface area contributed by atoms with Crippen LogP contribution in [0.1, 0.15) is 42.4 Å². The third kappa shape index (κ3) is 1.75. The van der Waals surface area contributed by atoms with Crippen LogP contribution in [-0.2, 0) is 13.0 Å². The predicted molar refractivity (Wildman–Crippen MR) is 53.7 cm³/mol. The second-order valence-corrected chi connectivity index (χ2v) is 3.81. The first-order valence-electron chi connectivity index (χ1n) is 5.07. The van der Waals surface area contributed by atoms with Gasteiger partial charge in [0.15, 0.2) is 0 Å². The van der Waals surface area contributed by atoms with Crippen LogP contribution in [0.15, 0.2) is 18.2 Å². The Labute approximate surface area is 79.4 Å². The fraction of sp³-hybridized carbons (Fsp3) is 0.500. The normalized spacial score (nSPS) is 16.2. The zero-order valence-corrected chi connectivity index (χ0v) is 8.09. The van der Waals surface area contributed by atoms with Crippen LogP contribution >= 0.6 is 0 Å². The fourth-order valence-corrected chi connectivity index (χ4v) is 1.81. The van der Waals surface area contributed by atoms with Crippen LogP contribution in [-0.4, -0.2) is 5.11 Å². The topological polar surface area (TPSA) is 20.2 Å². The standard InChI is InChI=1S/C12H16O/c1-2-9-3-6-11(10-4-5-10)7-12(9)8-13/h3,6-7,10,13H,2,4-5,8H2,1H3. The molecular weight excluding hydrogens is 160 g/mol. The summed E-state index contributed by atoms with van der Waals surface area (Å²) in [6, 6.07) is 6.56. The van der Waals surface area contributed by atoms with Crippen molar-refractivity contribution in [3.05, 3.63) is 34.9 Å². The van der Waals surface area contributed by atoms with E-state index in [1.165, 1.54) is 24.0 Å². The summed E-state index contributed by atoms with van der Waals surface area (Å²) in [6.45, 7) is 2.31. The molecule has 0 unspecified atom stereocenters. The van der Waals surface area contributed by atoms with Crippen molar-refractivity contribution in [2.45, 2.75) is 38.7 Å². The van der Waals surface area contributed by atoms with Crippen molar-refractivity contribution >= 4 is 0 Å². The van der Waals surface area contributed by atoms with Crippen molar-refractivity contribution in [2.24, 2.45) is 0 Å². The molecule has 1 heteroatoms. The lowest BCUT2D eigenvalue weighted by molar-refractivity contribution is 0.280. The molecule has 1 aliphatic rings. The second kappa shape index (κ2) is 3.51. The van der Waals surface area contributed by atoms with E-state index < -0.39 is 0 Å². The van der Waals surface area contributed by atoms with Gasteiger partial charge in [0.2, 0.25) is 0 Å². The summed E-state index contributed by atoms with van der Waals surface area (Å²) in [5.41, 5.74) is 3.82. The van der Waals surface area contributed by atoms with E-state index in [2.05, 4.69) is 25.1 Å². The van der Waals surface area contributed by atoms with Crippen LogP contribution in [0.4, 0.5) is 0 Å². The molecule has 1 nitrogen and oxygen atoms in total. The van der Waals surface area contributed by atoms with Crippen molar-refractivity contribution in [1.29, 1.82) is 0 Å². The summed E-state index contributed by atoms with van der Waals surface area (Å²) in [5, 5.41) is 9.18. The highest BCUT2D eigenvalue weighted by Gasteiger charge is 2.23. The molecule has 1 saturated carbocycles. The van der Waals surface area contributed by atoms with Gasteiger partial charge >= 0.3 is 0 Å². The van der Waals surface area contributed by atoms with Crippen molar-refractivity contribution < 1.29 is 5.11 Å². The molecule has 0 atom stereocenters. The Hall–Kier alpha value is -0.820. The van der Waals surface area contributed by atoms with Crippen LogP contribution in [0.3, 0.4) is 0 Å². The minimum atomic E-state index is 0.184. The van der Waals surface area contributed by atoms with Gasteiger partial charge in [-0.3, -0.25) is 0 Å². The summed E-state index contributed by atoms with van der Waals surface area (Å²) in [7, 11) is 0. The highest BCUT2D eigenvalue weighted by molar-refractivity contribution is 5.35. The number of rotatable bonds is 3. The first kappa shape index (κ1) is 8.76. The van der Waals surface area contributed by atoms with Crippen LogP contribution in [0.5, 0.6) is 0 Å². The lowest BCUT2D eigenvalue weighted by Gasteiger charge is -2.07. The Morgan fingerprint density at radius 2 is 2.08 bits per heavy atom. The Morgan fingerprint density at radius 3 is 2.62 bits per heavy atom. The van der Waals surface area contributed by atoms with Gasteiger partial charge < -0.3 is 5.11 Å². The van der Waals surface area contributed by atoms with E-state index in [1.807, 2.05) is 0 Å². The molecule has 0 radical (unpaired) electrons. The molecule has 0 heterocycles. The van der Waals surface area contributed by atoms with Gasteiger partial charge in [0.25, 0.3) is 0 Å². The van der Waals surface area contributed by atoms with Crippen molar-refractivity contribution in [2.75, 3.05) is 0 Å². The highest BCUT2D eigenvalue weighted by atomic mass is 16.3. The highest BCUT2D eigenvalue weighted by Crippen LogP contribution is 2.40. The molecule has 0 saturated heterocycles. The van der Waals surface area contributed by atoms with Gasteiger partial charge in [-0.05, 0) is 41.9 Å². The molecule has 1 fully saturated rings. The first-order chi connectivity index (χ1) is 6.35. The number of hydrogen-bond donors (Lipinski definition) is 1. The van der Waals surface area contributed by atoms with Gasteiger partial charge in [-0.1, -0.05) is 25.1 Å². The molecule has 1 N–H and O–H groups in total. The second-order valence-electron chi connectivity index (χ2n) is 3.81. The van der Waals surface area contributed by atoms with Gasteiger partial charge in [-0.2, -0.15) is 0 Å². The Bertz CT molecular complexity index is 300. The predicted octanol–water partition coefficient (Wildman–Crippen LogP) is 2.62. The Morgan fingerprint density at radius 1 is 1.31 bits per heavy atom. The summed E-state index contributed by atoms with van der Waals surface area (Å²) < 4.78 is 0. The van der Waals surface area contributed by atoms with Crippen molar-refractivity contribution in [3.8, 4) is 0 Å². The molecule has 13 heavy (non-hydrogen) atoms. The van der Waals surface area contributed by atoms with E-state index in [-0.39, 0.29) is 6.61 Å². The molecule has 1 aromatic carbocycles. The molecular formula is C12H16O. The number of aliphatic hydroxyl groups is 1. The van der Waals surface area contributed by atoms with Gasteiger partial charge in [0.1, 0.15) is 0 Å². The number of aliphatic hydroxyl groups excluding tert-OH is 1. The number of benzene rings is 1. The maximum Gasteiger partial charge on any atom is 0.0684 e. The molecule has 0 aliphatic heterocycles. The van der Waals surface area contributed by atoms with E-state index in [0.717, 1.165) is 17.9 Å². The molecule has 1 aromatic rings. The van der Waals surface area contributed by atoms with E-state index in [9.17, 15) is 5.11 Å². The first-order valence-corrected chi connectivity index (χ1v) is 5.07. The summed E-state index contributed by atoms with van der Waals surface area (Å²) in [4.78, 5) is 0. The van der Waals surface area contributed by atoms with Gasteiger partial charge in [0.05, 0.1) is 6.61 Å². The van der Waals surface area contributed by atoms with Gasteiger partial charge in [-0.25, -0.2) is 0 Å². The van der Waals surface area contributed by atoms with Crippen LogP contribution < -0.4 is 0 Å². The van der Waals surface area contributed by atoms with Crippen LogP contribution in [0, 0.1) is 0 Å². The smallest absolute Gasteiger partial charge is 0.0684 e. The average molecular weight is 176 g/mol. The van der Waals surface area contributed by atoms with Gasteiger partial charge in [-0.15, -0.1) is 0 Å². The zero-order valence-electron chi connectivity index (χ0n) is 8.09. The van der Waals surface area contributed by atoms with E-state index in [4.69, 9.17) is 0 Å². The third-order valence-electron chi connectivity index (χ3n) is 2.83. The molecule has 1 aliphatic carbocycles. The minimum absolute atomic E-state index is 0.184. The number of hydrogen-bond acceptors (Lipinski definition) is 1. The minimum Gasteiger partial charge on any atom is -0.392 e. The molecule has 0 aromatic heterocycles. The SMILES string of the molecule is CCc1ccc(C2CC2)cc1CO. The average Bonchev–Trinajstić information content (AvgIpc) is 3.00. The maximum absolute atomic E-state index is 9.18. The lowest BCUT2D eigenvalue weighted by atomic mass is 10.0. The lowest BCUT2D eigenvalue weighted by Crippen LogP contribution is -1.94. The zero-order chi connectivity index (χ0) is 9.26. The van der Waals surface area contributed by atoms with Crippen molar-refractivity contribution in [3.63, 3.8) is 0 Å². The van der Waals surface area contributed by atoms with Crippen LogP contribution in [0.25, 0.3) is 0 Å². The van der Waals surface area contributed by atoms with E-state index in [1.54, 1.807) is 0 Å². The third-order valence-corrected chi connectivity index (χ3v) is 2.83. The largest absolute Gasteiger partial charge is 0.392 e. The molecule has 0 amide bonds. The Kier molecular flexibility index (Phi) is 2.36. The molecule has 70 valence electrons. The monoisotopic (exact) mass is 176 g/mol. The summed E-state index contributed by atoms with van der Waals surface area (Å²) >= 11 is 0. The molecule has 0 spiro atoms. The quantitative estimate of drug-likeness (QED) is 0.750.